The van der Waals surface area contributed by atoms with Gasteiger partial charge in [0.2, 0.25) is 0 Å². The molecule has 0 nitrogen and oxygen atoms in total. The molecule has 0 bridgehead atoms. The zero-order chi connectivity index (χ0) is 13.4. The molecule has 1 aromatic carbocycles. The van der Waals surface area contributed by atoms with Crippen molar-refractivity contribution in [3.63, 3.8) is 0 Å². The fourth-order valence-corrected chi connectivity index (χ4v) is 2.46. The van der Waals surface area contributed by atoms with Crippen LogP contribution in [-0.2, 0) is 11.8 Å². The Balaban J connectivity index is 2.59. The summed E-state index contributed by atoms with van der Waals surface area (Å²) in [5, 5.41) is 0. The van der Waals surface area contributed by atoms with E-state index in [-0.39, 0.29) is 0 Å². The number of hydrogen-bond donors (Lipinski definition) is 0. The predicted molar refractivity (Wildman–Crippen MR) is 82.2 cm³/mol. The molecule has 0 spiro atoms. The standard InChI is InChI=1S/C18H30/c1-5-7-9-15-18(3,4)17-13-11-16(12-14-17)10-8-6-2/h11-14H,5-10,15H2,1-4H3. The van der Waals surface area contributed by atoms with E-state index in [0.29, 0.717) is 5.41 Å². The summed E-state index contributed by atoms with van der Waals surface area (Å²) in [6.07, 6.45) is 9.14. The summed E-state index contributed by atoms with van der Waals surface area (Å²) in [6, 6.07) is 9.34. The normalized spacial score (nSPS) is 11.8. The number of rotatable bonds is 8. The molecule has 0 aliphatic heterocycles. The fourth-order valence-electron chi connectivity index (χ4n) is 2.46. The second-order valence-electron chi connectivity index (χ2n) is 6.14. The Bertz CT molecular complexity index is 318. The van der Waals surface area contributed by atoms with Gasteiger partial charge < -0.3 is 0 Å². The smallest absolute Gasteiger partial charge is 0.0104 e. The highest BCUT2D eigenvalue weighted by Crippen LogP contribution is 2.29. The van der Waals surface area contributed by atoms with Crippen LogP contribution in [0, 0.1) is 0 Å². The van der Waals surface area contributed by atoms with Gasteiger partial charge in [0.1, 0.15) is 0 Å². The Kier molecular flexibility index (Phi) is 6.46. The average Bonchev–Trinajstić information content (AvgIpc) is 2.37. The highest BCUT2D eigenvalue weighted by atomic mass is 14.2. The molecule has 0 unspecified atom stereocenters. The van der Waals surface area contributed by atoms with Gasteiger partial charge in [-0.3, -0.25) is 0 Å². The van der Waals surface area contributed by atoms with Gasteiger partial charge in [-0.15, -0.1) is 0 Å². The van der Waals surface area contributed by atoms with E-state index in [1.165, 1.54) is 56.1 Å². The van der Waals surface area contributed by atoms with Crippen LogP contribution in [0.1, 0.15) is 77.3 Å². The van der Waals surface area contributed by atoms with Gasteiger partial charge >= 0.3 is 0 Å². The molecule has 0 saturated heterocycles. The summed E-state index contributed by atoms with van der Waals surface area (Å²) in [7, 11) is 0. The third-order valence-corrected chi connectivity index (χ3v) is 3.96. The van der Waals surface area contributed by atoms with Crippen LogP contribution in [0.5, 0.6) is 0 Å². The molecule has 1 rings (SSSR count). The second kappa shape index (κ2) is 7.61. The highest BCUT2D eigenvalue weighted by molar-refractivity contribution is 5.28. The molecule has 0 aliphatic carbocycles. The van der Waals surface area contributed by atoms with Crippen molar-refractivity contribution in [2.24, 2.45) is 0 Å². The molecule has 0 atom stereocenters. The second-order valence-corrected chi connectivity index (χ2v) is 6.14. The van der Waals surface area contributed by atoms with Crippen LogP contribution in [0.3, 0.4) is 0 Å². The van der Waals surface area contributed by atoms with Crippen molar-refractivity contribution in [1.29, 1.82) is 0 Å². The van der Waals surface area contributed by atoms with Gasteiger partial charge in [-0.05, 0) is 35.8 Å². The van der Waals surface area contributed by atoms with Crippen molar-refractivity contribution in [2.45, 2.75) is 78.1 Å². The largest absolute Gasteiger partial charge is 0.0654 e. The Morgan fingerprint density at radius 3 is 2.00 bits per heavy atom. The highest BCUT2D eigenvalue weighted by Gasteiger charge is 2.19. The van der Waals surface area contributed by atoms with E-state index in [1.54, 1.807) is 0 Å². The lowest BCUT2D eigenvalue weighted by atomic mass is 9.79. The van der Waals surface area contributed by atoms with Gasteiger partial charge in [-0.1, -0.05) is 77.6 Å². The summed E-state index contributed by atoms with van der Waals surface area (Å²) in [5.74, 6) is 0. The minimum Gasteiger partial charge on any atom is -0.0654 e. The van der Waals surface area contributed by atoms with Crippen LogP contribution in [0.4, 0.5) is 0 Å². The van der Waals surface area contributed by atoms with Crippen LogP contribution in [0.2, 0.25) is 0 Å². The number of aryl methyl sites for hydroxylation is 1. The molecule has 102 valence electrons. The molecular formula is C18H30. The van der Waals surface area contributed by atoms with Crippen molar-refractivity contribution in [3.8, 4) is 0 Å². The zero-order valence-electron chi connectivity index (χ0n) is 12.8. The maximum absolute atomic E-state index is 2.38. The van der Waals surface area contributed by atoms with Crippen molar-refractivity contribution < 1.29 is 0 Å². The summed E-state index contributed by atoms with van der Waals surface area (Å²) in [6.45, 7) is 9.29. The monoisotopic (exact) mass is 246 g/mol. The molecule has 0 aromatic heterocycles. The molecule has 0 heterocycles. The Morgan fingerprint density at radius 1 is 0.833 bits per heavy atom. The lowest BCUT2D eigenvalue weighted by Gasteiger charge is -2.25. The number of benzene rings is 1. The maximum atomic E-state index is 2.38. The minimum atomic E-state index is 0.332. The van der Waals surface area contributed by atoms with Crippen LogP contribution >= 0.6 is 0 Å². The van der Waals surface area contributed by atoms with Gasteiger partial charge in [0, 0.05) is 0 Å². The number of hydrogen-bond acceptors (Lipinski definition) is 0. The zero-order valence-corrected chi connectivity index (χ0v) is 12.8. The third-order valence-electron chi connectivity index (χ3n) is 3.96. The summed E-state index contributed by atoms with van der Waals surface area (Å²) in [5.41, 5.74) is 3.32. The van der Waals surface area contributed by atoms with Gasteiger partial charge in [0.05, 0.1) is 0 Å². The molecule has 18 heavy (non-hydrogen) atoms. The van der Waals surface area contributed by atoms with Crippen LogP contribution < -0.4 is 0 Å². The molecule has 0 fully saturated rings. The third kappa shape index (κ3) is 4.84. The topological polar surface area (TPSA) is 0 Å². The van der Waals surface area contributed by atoms with E-state index < -0.39 is 0 Å². The van der Waals surface area contributed by atoms with Crippen LogP contribution in [-0.4, -0.2) is 0 Å². The molecule has 0 N–H and O–H groups in total. The van der Waals surface area contributed by atoms with Gasteiger partial charge in [0.15, 0.2) is 0 Å². The fraction of sp³-hybridized carbons (Fsp3) is 0.667. The first-order valence-electron chi connectivity index (χ1n) is 7.69. The molecular weight excluding hydrogens is 216 g/mol. The van der Waals surface area contributed by atoms with Crippen molar-refractivity contribution >= 4 is 0 Å². The van der Waals surface area contributed by atoms with Crippen molar-refractivity contribution in [1.82, 2.24) is 0 Å². The first-order chi connectivity index (χ1) is 8.60. The van der Waals surface area contributed by atoms with Gasteiger partial charge in [-0.2, -0.15) is 0 Å². The average molecular weight is 246 g/mol. The van der Waals surface area contributed by atoms with Crippen molar-refractivity contribution in [3.05, 3.63) is 35.4 Å². The summed E-state index contributed by atoms with van der Waals surface area (Å²) in [4.78, 5) is 0. The van der Waals surface area contributed by atoms with Gasteiger partial charge in [-0.25, -0.2) is 0 Å². The van der Waals surface area contributed by atoms with E-state index in [0.717, 1.165) is 0 Å². The van der Waals surface area contributed by atoms with E-state index in [2.05, 4.69) is 52.0 Å². The summed E-state index contributed by atoms with van der Waals surface area (Å²) < 4.78 is 0. The van der Waals surface area contributed by atoms with Crippen LogP contribution in [0.15, 0.2) is 24.3 Å². The summed E-state index contributed by atoms with van der Waals surface area (Å²) >= 11 is 0. The van der Waals surface area contributed by atoms with E-state index in [4.69, 9.17) is 0 Å². The predicted octanol–water partition coefficient (Wildman–Crippen LogP) is 5.89. The maximum Gasteiger partial charge on any atom is -0.0104 e. The lowest BCUT2D eigenvalue weighted by molar-refractivity contribution is 0.450. The van der Waals surface area contributed by atoms with Crippen LogP contribution in [0.25, 0.3) is 0 Å². The lowest BCUT2D eigenvalue weighted by Crippen LogP contribution is -2.16. The van der Waals surface area contributed by atoms with Gasteiger partial charge in [0.25, 0.3) is 0 Å². The molecule has 0 amide bonds. The SMILES string of the molecule is CCCCCC(C)(C)c1ccc(CCCC)cc1. The first kappa shape index (κ1) is 15.3. The molecule has 0 heteroatoms. The quantitative estimate of drug-likeness (QED) is 0.502. The molecule has 0 saturated carbocycles. The molecule has 0 radical (unpaired) electrons. The minimum absolute atomic E-state index is 0.332. The molecule has 0 aliphatic rings. The van der Waals surface area contributed by atoms with Crippen molar-refractivity contribution in [2.75, 3.05) is 0 Å². The van der Waals surface area contributed by atoms with E-state index in [1.807, 2.05) is 0 Å². The Morgan fingerprint density at radius 2 is 1.44 bits per heavy atom. The first-order valence-corrected chi connectivity index (χ1v) is 7.69. The Labute approximate surface area is 114 Å². The van der Waals surface area contributed by atoms with E-state index >= 15 is 0 Å². The molecule has 1 aromatic rings. The Hall–Kier alpha value is -0.780. The number of unbranched alkanes of at least 4 members (excludes halogenated alkanes) is 3. The van der Waals surface area contributed by atoms with E-state index in [9.17, 15) is 0 Å².